The number of ether oxygens (including phenoxy) is 1. The molecule has 1 heterocycles. The normalized spacial score (nSPS) is 29.1. The second-order valence-electron chi connectivity index (χ2n) is 14.6. The van der Waals surface area contributed by atoms with Crippen molar-refractivity contribution in [3.05, 3.63) is 47.5 Å². The van der Waals surface area contributed by atoms with Crippen LogP contribution in [0.3, 0.4) is 0 Å². The quantitative estimate of drug-likeness (QED) is 0.361. The molecule has 10 nitrogen and oxygen atoms in total. The van der Waals surface area contributed by atoms with Crippen LogP contribution in [0.25, 0.3) is 11.1 Å². The molecule has 2 amide bonds. The molecule has 8 atom stereocenters. The Bertz CT molecular complexity index is 1440. The number of benzene rings is 2. The Morgan fingerprint density at radius 2 is 1.89 bits per heavy atom. The number of anilines is 1. The Labute approximate surface area is 274 Å². The van der Waals surface area contributed by atoms with E-state index in [-0.39, 0.29) is 30.9 Å². The first-order valence-electron chi connectivity index (χ1n) is 16.5. The summed E-state index contributed by atoms with van der Waals surface area (Å²) in [4.78, 5) is 37.0. The Morgan fingerprint density at radius 1 is 1.17 bits per heavy atom. The number of methoxy groups -OCH3 is 1. The molecule has 3 saturated carbocycles. The van der Waals surface area contributed by atoms with Crippen LogP contribution in [0, 0.1) is 29.1 Å². The van der Waals surface area contributed by atoms with Gasteiger partial charge in [0.15, 0.2) is 0 Å². The molecule has 46 heavy (non-hydrogen) atoms. The standard InChI is InChI=1S/C36H53N5O5/c1-20-28-16-25(36(28,3)4)17-29(20)38-34(43)32-31(21(2)42)30(18-37)46-41(32)19-22-11-10-12-27(33(22)45-9)23-13-24(35(44)40(7)8)15-26(14-23)39(5)6/h10-15,20-21,25,28-32,42H,16-19,37H2,1-9H3,(H,38,43)/t20-,21-,25+,28-,29?,30-,31?,32-/m0/s1. The van der Waals surface area contributed by atoms with Gasteiger partial charge < -0.3 is 30.7 Å². The molecular weight excluding hydrogens is 582 g/mol. The van der Waals surface area contributed by atoms with Crippen molar-refractivity contribution in [1.82, 2.24) is 15.3 Å². The Kier molecular flexibility index (Phi) is 9.76. The summed E-state index contributed by atoms with van der Waals surface area (Å²) in [6.45, 7) is 9.06. The zero-order valence-electron chi connectivity index (χ0n) is 28.9. The highest BCUT2D eigenvalue weighted by molar-refractivity contribution is 5.97. The van der Waals surface area contributed by atoms with Gasteiger partial charge in [-0.15, -0.1) is 0 Å². The molecule has 2 unspecified atom stereocenters. The zero-order valence-corrected chi connectivity index (χ0v) is 28.9. The fraction of sp³-hybridized carbons (Fsp3) is 0.611. The molecular formula is C36H53N5O5. The number of nitrogens with two attached hydrogens (primary N) is 1. The number of hydrogen-bond acceptors (Lipinski definition) is 8. The topological polar surface area (TPSA) is 121 Å². The second-order valence-corrected chi connectivity index (χ2v) is 14.6. The van der Waals surface area contributed by atoms with E-state index in [0.717, 1.165) is 28.8 Å². The molecule has 4 aliphatic rings. The summed E-state index contributed by atoms with van der Waals surface area (Å²) in [6.07, 6.45) is 0.866. The number of fused-ring (bicyclic) bond motifs is 2. The van der Waals surface area contributed by atoms with Crippen LogP contribution in [0.2, 0.25) is 0 Å². The molecule has 2 aromatic rings. The van der Waals surface area contributed by atoms with Crippen LogP contribution >= 0.6 is 0 Å². The van der Waals surface area contributed by atoms with Gasteiger partial charge in [-0.25, -0.2) is 0 Å². The van der Waals surface area contributed by atoms with E-state index in [2.05, 4.69) is 26.1 Å². The number of carbonyl (C=O) groups is 2. The fourth-order valence-corrected chi connectivity index (χ4v) is 8.28. The zero-order chi connectivity index (χ0) is 33.7. The summed E-state index contributed by atoms with van der Waals surface area (Å²) >= 11 is 0. The maximum atomic E-state index is 14.2. The lowest BCUT2D eigenvalue weighted by atomic mass is 9.45. The Balaban J connectivity index is 1.47. The molecule has 6 rings (SSSR count). The van der Waals surface area contributed by atoms with Crippen LogP contribution in [0.1, 0.15) is 56.5 Å². The second kappa shape index (κ2) is 13.1. The average Bonchev–Trinajstić information content (AvgIpc) is 3.39. The monoisotopic (exact) mass is 635 g/mol. The van der Waals surface area contributed by atoms with Gasteiger partial charge in [0.2, 0.25) is 5.91 Å². The summed E-state index contributed by atoms with van der Waals surface area (Å²) in [5.74, 6) is 1.45. The van der Waals surface area contributed by atoms with Gasteiger partial charge in [0, 0.05) is 69.1 Å². The van der Waals surface area contributed by atoms with Crippen LogP contribution in [0.4, 0.5) is 5.69 Å². The molecule has 1 saturated heterocycles. The van der Waals surface area contributed by atoms with E-state index >= 15 is 0 Å². The van der Waals surface area contributed by atoms with Crippen molar-refractivity contribution in [2.75, 3.05) is 46.7 Å². The van der Waals surface area contributed by atoms with E-state index in [1.807, 2.05) is 55.4 Å². The van der Waals surface area contributed by atoms with Gasteiger partial charge in [-0.05, 0) is 66.7 Å². The summed E-state index contributed by atoms with van der Waals surface area (Å²) in [6, 6.07) is 11.0. The first-order valence-corrected chi connectivity index (χ1v) is 16.5. The van der Waals surface area contributed by atoms with Crippen molar-refractivity contribution in [1.29, 1.82) is 0 Å². The Morgan fingerprint density at radius 3 is 2.46 bits per heavy atom. The Hall–Kier alpha value is -3.18. The molecule has 4 fully saturated rings. The lowest BCUT2D eigenvalue weighted by Crippen LogP contribution is -2.62. The third kappa shape index (κ3) is 6.12. The number of aliphatic hydroxyl groups excluding tert-OH is 1. The highest BCUT2D eigenvalue weighted by atomic mass is 16.7. The third-order valence-corrected chi connectivity index (χ3v) is 11.1. The maximum absolute atomic E-state index is 14.2. The molecule has 252 valence electrons. The minimum Gasteiger partial charge on any atom is -0.496 e. The number of nitrogens with one attached hydrogen (secondary N) is 1. The van der Waals surface area contributed by atoms with E-state index < -0.39 is 24.2 Å². The fourth-order valence-electron chi connectivity index (χ4n) is 8.28. The number of amides is 2. The van der Waals surface area contributed by atoms with Gasteiger partial charge in [0.25, 0.3) is 5.91 Å². The minimum atomic E-state index is -0.805. The first-order chi connectivity index (χ1) is 21.7. The van der Waals surface area contributed by atoms with E-state index in [0.29, 0.717) is 34.5 Å². The van der Waals surface area contributed by atoms with Gasteiger partial charge in [-0.2, -0.15) is 5.06 Å². The van der Waals surface area contributed by atoms with Crippen LogP contribution in [0.5, 0.6) is 5.75 Å². The largest absolute Gasteiger partial charge is 0.496 e. The minimum absolute atomic E-state index is 0.0820. The van der Waals surface area contributed by atoms with Crippen molar-refractivity contribution in [2.24, 2.45) is 34.8 Å². The summed E-state index contributed by atoms with van der Waals surface area (Å²) in [5.41, 5.74) is 10.4. The van der Waals surface area contributed by atoms with Crippen LogP contribution in [0.15, 0.2) is 36.4 Å². The first kappa shape index (κ1) is 34.2. The van der Waals surface area contributed by atoms with E-state index in [9.17, 15) is 14.7 Å². The molecule has 0 aromatic heterocycles. The lowest BCUT2D eigenvalue weighted by molar-refractivity contribution is -0.175. The van der Waals surface area contributed by atoms with Gasteiger partial charge in [0.1, 0.15) is 11.8 Å². The van der Waals surface area contributed by atoms with Crippen LogP contribution < -0.4 is 20.7 Å². The van der Waals surface area contributed by atoms with E-state index in [4.69, 9.17) is 15.3 Å². The van der Waals surface area contributed by atoms with Gasteiger partial charge in [-0.1, -0.05) is 39.0 Å². The third-order valence-electron chi connectivity index (χ3n) is 11.1. The predicted octanol–water partition coefficient (Wildman–Crippen LogP) is 3.76. The van der Waals surface area contributed by atoms with E-state index in [1.54, 1.807) is 38.1 Å². The number of hydrogen-bond donors (Lipinski definition) is 3. The molecule has 3 aliphatic carbocycles. The number of rotatable bonds is 10. The van der Waals surface area contributed by atoms with Crippen molar-refractivity contribution in [3.63, 3.8) is 0 Å². The van der Waals surface area contributed by atoms with Gasteiger partial charge in [0.05, 0.1) is 25.9 Å². The maximum Gasteiger partial charge on any atom is 0.253 e. The van der Waals surface area contributed by atoms with Crippen LogP contribution in [-0.2, 0) is 16.2 Å². The molecule has 2 aromatic carbocycles. The number of nitrogens with zero attached hydrogens (tertiary/aromatic N) is 3. The molecule has 10 heteroatoms. The van der Waals surface area contributed by atoms with Gasteiger partial charge >= 0.3 is 0 Å². The summed E-state index contributed by atoms with van der Waals surface area (Å²) in [5, 5.41) is 16.0. The van der Waals surface area contributed by atoms with Crippen molar-refractivity contribution < 1.29 is 24.3 Å². The summed E-state index contributed by atoms with van der Waals surface area (Å²) in [7, 11) is 8.98. The number of carbonyl (C=O) groups excluding carboxylic acids is 2. The highest BCUT2D eigenvalue weighted by Crippen LogP contribution is 2.61. The van der Waals surface area contributed by atoms with Gasteiger partial charge in [-0.3, -0.25) is 14.4 Å². The summed E-state index contributed by atoms with van der Waals surface area (Å²) < 4.78 is 6.02. The van der Waals surface area contributed by atoms with Crippen molar-refractivity contribution in [2.45, 2.75) is 71.4 Å². The highest BCUT2D eigenvalue weighted by Gasteiger charge is 2.57. The van der Waals surface area contributed by atoms with Crippen LogP contribution in [-0.4, -0.2) is 93.0 Å². The van der Waals surface area contributed by atoms with E-state index in [1.165, 1.54) is 6.42 Å². The molecule has 2 bridgehead atoms. The van der Waals surface area contributed by atoms with Crippen molar-refractivity contribution in [3.8, 4) is 16.9 Å². The lowest BCUT2D eigenvalue weighted by Gasteiger charge is -2.62. The number of aliphatic hydroxyl groups is 1. The number of para-hydroxylation sites is 1. The number of hydroxylamine groups is 2. The molecule has 0 radical (unpaired) electrons. The van der Waals surface area contributed by atoms with Crippen molar-refractivity contribution >= 4 is 17.5 Å². The molecule has 1 aliphatic heterocycles. The average molecular weight is 636 g/mol. The smallest absolute Gasteiger partial charge is 0.253 e. The SMILES string of the molecule is COc1c(CN2O[C@@H](CN)C([C@H](C)O)[C@H]2C(=O)NC2C[C@H]3C[C@@H]([C@@H]2C)C3(C)C)cccc1-c1cc(C(=O)N(C)C)cc(N(C)C)c1. The predicted molar refractivity (Wildman–Crippen MR) is 180 cm³/mol. The molecule has 4 N–H and O–H groups in total. The molecule has 0 spiro atoms.